The van der Waals surface area contributed by atoms with Gasteiger partial charge in [-0.3, -0.25) is 4.79 Å². The Morgan fingerprint density at radius 3 is 2.33 bits per heavy atom. The van der Waals surface area contributed by atoms with Gasteiger partial charge in [0.2, 0.25) is 0 Å². The van der Waals surface area contributed by atoms with Crippen molar-refractivity contribution in [2.24, 2.45) is 0 Å². The van der Waals surface area contributed by atoms with Gasteiger partial charge in [-0.05, 0) is 36.6 Å². The van der Waals surface area contributed by atoms with Crippen LogP contribution in [0.25, 0.3) is 0 Å². The number of nitrogens with zero attached hydrogens (tertiary/aromatic N) is 3. The molecule has 2 aromatic carbocycles. The number of benzene rings is 2. The quantitative estimate of drug-likeness (QED) is 0.671. The molecule has 0 unspecified atom stereocenters. The second kappa shape index (κ2) is 8.45. The molecule has 138 valence electrons. The van der Waals surface area contributed by atoms with Crippen molar-refractivity contribution in [3.63, 3.8) is 0 Å². The normalized spacial score (nSPS) is 10.7. The van der Waals surface area contributed by atoms with Gasteiger partial charge < -0.3 is 10.2 Å². The zero-order valence-electron chi connectivity index (χ0n) is 15.9. The van der Waals surface area contributed by atoms with E-state index in [9.17, 15) is 4.79 Å². The molecule has 0 spiro atoms. The number of amides is 1. The zero-order chi connectivity index (χ0) is 19.2. The number of anilines is 3. The van der Waals surface area contributed by atoms with Gasteiger partial charge in [-0.2, -0.15) is 0 Å². The molecule has 0 radical (unpaired) electrons. The summed E-state index contributed by atoms with van der Waals surface area (Å²) in [5.41, 5.74) is 3.38. The van der Waals surface area contributed by atoms with Crippen LogP contribution in [0.5, 0.6) is 0 Å². The van der Waals surface area contributed by atoms with E-state index in [1.807, 2.05) is 55.5 Å². The molecule has 0 fully saturated rings. The van der Waals surface area contributed by atoms with E-state index in [1.165, 1.54) is 11.8 Å². The number of para-hydroxylation sites is 2. The summed E-state index contributed by atoms with van der Waals surface area (Å²) in [5.74, 6) is 0.847. The van der Waals surface area contributed by atoms with E-state index >= 15 is 0 Å². The van der Waals surface area contributed by atoms with Gasteiger partial charge in [0.1, 0.15) is 11.5 Å². The third-order valence-corrected chi connectivity index (χ3v) is 4.35. The maximum atomic E-state index is 12.8. The number of hydrogen-bond donors (Lipinski definition) is 1. The molecule has 1 aromatic heterocycles. The van der Waals surface area contributed by atoms with E-state index in [1.54, 1.807) is 11.1 Å². The molecule has 0 bridgehead atoms. The van der Waals surface area contributed by atoms with E-state index in [2.05, 4.69) is 35.2 Å². The van der Waals surface area contributed by atoms with Gasteiger partial charge in [-0.1, -0.05) is 50.2 Å². The average Bonchev–Trinajstić information content (AvgIpc) is 2.70. The van der Waals surface area contributed by atoms with Crippen LogP contribution in [-0.2, 0) is 0 Å². The van der Waals surface area contributed by atoms with E-state index in [0.29, 0.717) is 24.0 Å². The van der Waals surface area contributed by atoms with Crippen molar-refractivity contribution in [1.29, 1.82) is 0 Å². The lowest BCUT2D eigenvalue weighted by Crippen LogP contribution is -2.31. The number of aromatic nitrogens is 2. The Kier molecular flexibility index (Phi) is 5.81. The lowest BCUT2D eigenvalue weighted by Gasteiger charge is -2.20. The first-order valence-electron chi connectivity index (χ1n) is 9.15. The van der Waals surface area contributed by atoms with Crippen molar-refractivity contribution in [2.45, 2.75) is 26.7 Å². The van der Waals surface area contributed by atoms with Crippen molar-refractivity contribution in [2.75, 3.05) is 16.8 Å². The highest BCUT2D eigenvalue weighted by Crippen LogP contribution is 2.26. The molecule has 0 atom stereocenters. The summed E-state index contributed by atoms with van der Waals surface area (Å²) in [4.78, 5) is 23.2. The molecule has 0 aliphatic rings. The van der Waals surface area contributed by atoms with Crippen LogP contribution >= 0.6 is 0 Å². The molecule has 1 amide bonds. The molecule has 3 aromatic rings. The molecule has 27 heavy (non-hydrogen) atoms. The predicted molar refractivity (Wildman–Crippen MR) is 110 cm³/mol. The predicted octanol–water partition coefficient (Wildman–Crippen LogP) is 5.01. The first kappa shape index (κ1) is 18.6. The van der Waals surface area contributed by atoms with Crippen LogP contribution in [0.1, 0.15) is 42.7 Å². The van der Waals surface area contributed by atoms with Crippen LogP contribution in [0.3, 0.4) is 0 Å². The largest absolute Gasteiger partial charge is 0.339 e. The monoisotopic (exact) mass is 360 g/mol. The Morgan fingerprint density at radius 2 is 1.70 bits per heavy atom. The number of rotatable bonds is 6. The zero-order valence-corrected chi connectivity index (χ0v) is 15.9. The molecule has 5 nitrogen and oxygen atoms in total. The van der Waals surface area contributed by atoms with Crippen LogP contribution in [-0.4, -0.2) is 22.4 Å². The van der Waals surface area contributed by atoms with Crippen molar-refractivity contribution >= 4 is 23.1 Å². The Labute approximate surface area is 160 Å². The van der Waals surface area contributed by atoms with Crippen LogP contribution in [0, 0.1) is 0 Å². The minimum Gasteiger partial charge on any atom is -0.339 e. The van der Waals surface area contributed by atoms with Gasteiger partial charge >= 0.3 is 0 Å². The standard InChI is InChI=1S/C22H24N4O/c1-4-26(17-10-6-5-7-11-17)22(27)20-14-24-21(15-23-20)25-19-13-9-8-12-18(19)16(2)3/h5-16H,4H2,1-3H3,(H,24,25). The SMILES string of the molecule is CCN(C(=O)c1cnc(Nc2ccccc2C(C)C)cn1)c1ccccc1. The van der Waals surface area contributed by atoms with Crippen molar-refractivity contribution in [1.82, 2.24) is 9.97 Å². The lowest BCUT2D eigenvalue weighted by atomic mass is 10.0. The van der Waals surface area contributed by atoms with Gasteiger partial charge in [0.05, 0.1) is 12.4 Å². The summed E-state index contributed by atoms with van der Waals surface area (Å²) < 4.78 is 0. The van der Waals surface area contributed by atoms with Crippen LogP contribution in [0.15, 0.2) is 67.0 Å². The summed E-state index contributed by atoms with van der Waals surface area (Å²) in [7, 11) is 0. The molecular weight excluding hydrogens is 336 g/mol. The minimum absolute atomic E-state index is 0.162. The molecule has 0 saturated heterocycles. The summed E-state index contributed by atoms with van der Waals surface area (Å²) in [6, 6.07) is 17.7. The Bertz CT molecular complexity index is 892. The highest BCUT2D eigenvalue weighted by Gasteiger charge is 2.17. The van der Waals surface area contributed by atoms with Crippen LogP contribution in [0.4, 0.5) is 17.2 Å². The molecule has 5 heteroatoms. The Hall–Kier alpha value is -3.21. The summed E-state index contributed by atoms with van der Waals surface area (Å²) >= 11 is 0. The van der Waals surface area contributed by atoms with Crippen LogP contribution < -0.4 is 10.2 Å². The fourth-order valence-electron chi connectivity index (χ4n) is 2.94. The summed E-state index contributed by atoms with van der Waals surface area (Å²) in [6.45, 7) is 6.80. The maximum absolute atomic E-state index is 12.8. The van der Waals surface area contributed by atoms with Gasteiger partial charge in [0.15, 0.2) is 0 Å². The molecular formula is C22H24N4O. The first-order chi connectivity index (χ1) is 13.1. The smallest absolute Gasteiger partial charge is 0.278 e. The molecule has 0 aliphatic carbocycles. The van der Waals surface area contributed by atoms with E-state index in [4.69, 9.17) is 0 Å². The Balaban J connectivity index is 1.78. The Morgan fingerprint density at radius 1 is 1.00 bits per heavy atom. The number of hydrogen-bond acceptors (Lipinski definition) is 4. The second-order valence-electron chi connectivity index (χ2n) is 6.54. The van der Waals surface area contributed by atoms with Gasteiger partial charge in [0, 0.05) is 17.9 Å². The third kappa shape index (κ3) is 4.31. The topological polar surface area (TPSA) is 58.1 Å². The number of nitrogens with one attached hydrogen (secondary N) is 1. The van der Waals surface area contributed by atoms with Crippen molar-refractivity contribution in [3.05, 3.63) is 78.2 Å². The van der Waals surface area contributed by atoms with E-state index in [0.717, 1.165) is 11.4 Å². The first-order valence-corrected chi connectivity index (χ1v) is 9.15. The van der Waals surface area contributed by atoms with Crippen molar-refractivity contribution < 1.29 is 4.79 Å². The number of carbonyl (C=O) groups is 1. The minimum atomic E-state index is -0.162. The highest BCUT2D eigenvalue weighted by atomic mass is 16.2. The number of carbonyl (C=O) groups excluding carboxylic acids is 1. The fraction of sp³-hybridized carbons (Fsp3) is 0.227. The average molecular weight is 360 g/mol. The molecule has 0 aliphatic heterocycles. The highest BCUT2D eigenvalue weighted by molar-refractivity contribution is 6.04. The third-order valence-electron chi connectivity index (χ3n) is 4.35. The van der Waals surface area contributed by atoms with Gasteiger partial charge in [-0.25, -0.2) is 9.97 Å². The summed E-state index contributed by atoms with van der Waals surface area (Å²) in [5, 5.41) is 3.30. The van der Waals surface area contributed by atoms with Gasteiger partial charge in [-0.15, -0.1) is 0 Å². The van der Waals surface area contributed by atoms with E-state index in [-0.39, 0.29) is 5.91 Å². The summed E-state index contributed by atoms with van der Waals surface area (Å²) in [6.07, 6.45) is 3.12. The molecule has 1 heterocycles. The maximum Gasteiger partial charge on any atom is 0.278 e. The van der Waals surface area contributed by atoms with Gasteiger partial charge in [0.25, 0.3) is 5.91 Å². The van der Waals surface area contributed by atoms with Crippen LogP contribution in [0.2, 0.25) is 0 Å². The second-order valence-corrected chi connectivity index (χ2v) is 6.54. The fourth-order valence-corrected chi connectivity index (χ4v) is 2.94. The molecule has 0 saturated carbocycles. The lowest BCUT2D eigenvalue weighted by molar-refractivity contribution is 0.0983. The van der Waals surface area contributed by atoms with E-state index < -0.39 is 0 Å². The molecule has 1 N–H and O–H groups in total. The van der Waals surface area contributed by atoms with Crippen molar-refractivity contribution in [3.8, 4) is 0 Å². The molecule has 3 rings (SSSR count).